The van der Waals surface area contributed by atoms with Gasteiger partial charge >= 0.3 is 5.97 Å². The minimum Gasteiger partial charge on any atom is -0.464 e. The van der Waals surface area contributed by atoms with E-state index in [1.807, 2.05) is 6.92 Å². The third-order valence-corrected chi connectivity index (χ3v) is 4.35. The maximum atomic E-state index is 12.5. The number of ether oxygens (including phenoxy) is 1. The van der Waals surface area contributed by atoms with Gasteiger partial charge in [-0.25, -0.2) is 9.48 Å². The van der Waals surface area contributed by atoms with Crippen molar-refractivity contribution < 1.29 is 14.3 Å². The minimum absolute atomic E-state index is 0.131. The summed E-state index contributed by atoms with van der Waals surface area (Å²) in [5, 5.41) is 10.5. The second-order valence-electron chi connectivity index (χ2n) is 5.89. The molecule has 1 N–H and O–H groups in total. The van der Waals surface area contributed by atoms with E-state index in [1.165, 1.54) is 23.7 Å². The third-order valence-electron chi connectivity index (χ3n) is 4.35. The van der Waals surface area contributed by atoms with E-state index in [4.69, 9.17) is 4.74 Å². The molecule has 0 bridgehead atoms. The summed E-state index contributed by atoms with van der Waals surface area (Å²) in [7, 11) is 0. The molecule has 0 aromatic carbocycles. The molecule has 0 spiro atoms. The third kappa shape index (κ3) is 4.53. The van der Waals surface area contributed by atoms with E-state index >= 15 is 0 Å². The fraction of sp³-hybridized carbons (Fsp3) is 0.750. The van der Waals surface area contributed by atoms with Gasteiger partial charge in [0.1, 0.15) is 11.7 Å². The van der Waals surface area contributed by atoms with Crippen LogP contribution in [0.5, 0.6) is 0 Å². The zero-order chi connectivity index (χ0) is 16.7. The molecule has 128 valence electrons. The Balaban J connectivity index is 2.13. The van der Waals surface area contributed by atoms with Gasteiger partial charge in [0.2, 0.25) is 0 Å². The fourth-order valence-electron chi connectivity index (χ4n) is 3.13. The summed E-state index contributed by atoms with van der Waals surface area (Å²) in [5.74, 6) is -0.533. The summed E-state index contributed by atoms with van der Waals surface area (Å²) < 4.78 is 6.70. The number of carbonyl (C=O) groups is 2. The number of hydrogen-bond donors (Lipinski definition) is 1. The quantitative estimate of drug-likeness (QED) is 0.639. The fourth-order valence-corrected chi connectivity index (χ4v) is 3.13. The number of hydrogen-bond acceptors (Lipinski definition) is 5. The molecular formula is C16H26N4O3. The van der Waals surface area contributed by atoms with E-state index in [2.05, 4.69) is 15.6 Å². The first-order valence-electron chi connectivity index (χ1n) is 8.53. The van der Waals surface area contributed by atoms with Crippen LogP contribution < -0.4 is 5.32 Å². The Hall–Kier alpha value is -1.92. The number of esters is 1. The van der Waals surface area contributed by atoms with Gasteiger partial charge in [0.05, 0.1) is 12.8 Å². The first kappa shape index (κ1) is 17.4. The molecule has 1 saturated carbocycles. The smallest absolute Gasteiger partial charge is 0.328 e. The first-order chi connectivity index (χ1) is 11.2. The molecule has 1 heterocycles. The Morgan fingerprint density at radius 2 is 2.00 bits per heavy atom. The maximum absolute atomic E-state index is 12.5. The molecule has 1 aliphatic carbocycles. The SMILES string of the molecule is CCOC(=O)[C@@H](NC(=O)c1cnnn1CC)C1CCCCCC1. The number of nitrogens with zero attached hydrogens (tertiary/aromatic N) is 3. The van der Waals surface area contributed by atoms with Gasteiger partial charge in [0.15, 0.2) is 0 Å². The summed E-state index contributed by atoms with van der Waals surface area (Å²) in [5.41, 5.74) is 0.371. The number of aromatic nitrogens is 3. The van der Waals surface area contributed by atoms with Crippen molar-refractivity contribution >= 4 is 11.9 Å². The van der Waals surface area contributed by atoms with E-state index in [0.717, 1.165) is 25.7 Å². The molecule has 7 nitrogen and oxygen atoms in total. The molecular weight excluding hydrogens is 296 g/mol. The molecule has 2 rings (SSSR count). The Morgan fingerprint density at radius 3 is 2.61 bits per heavy atom. The maximum Gasteiger partial charge on any atom is 0.328 e. The van der Waals surface area contributed by atoms with Crippen LogP contribution in [-0.2, 0) is 16.1 Å². The zero-order valence-corrected chi connectivity index (χ0v) is 14.0. The van der Waals surface area contributed by atoms with Gasteiger partial charge in [-0.3, -0.25) is 4.79 Å². The molecule has 23 heavy (non-hydrogen) atoms. The largest absolute Gasteiger partial charge is 0.464 e. The Labute approximate surface area is 136 Å². The van der Waals surface area contributed by atoms with Crippen LogP contribution in [0.2, 0.25) is 0 Å². The average Bonchev–Trinajstić information content (AvgIpc) is 2.87. The summed E-state index contributed by atoms with van der Waals surface area (Å²) in [4.78, 5) is 24.9. The normalized spacial score (nSPS) is 17.3. The number of rotatable bonds is 6. The first-order valence-corrected chi connectivity index (χ1v) is 8.53. The molecule has 0 radical (unpaired) electrons. The van der Waals surface area contributed by atoms with Crippen LogP contribution >= 0.6 is 0 Å². The van der Waals surface area contributed by atoms with Gasteiger partial charge in [0.25, 0.3) is 5.91 Å². The predicted octanol–water partition coefficient (Wildman–Crippen LogP) is 1.93. The zero-order valence-electron chi connectivity index (χ0n) is 14.0. The van der Waals surface area contributed by atoms with Crippen molar-refractivity contribution in [2.75, 3.05) is 6.61 Å². The van der Waals surface area contributed by atoms with Gasteiger partial charge in [-0.2, -0.15) is 0 Å². The average molecular weight is 322 g/mol. The highest BCUT2D eigenvalue weighted by Gasteiger charge is 2.32. The molecule has 0 saturated heterocycles. The van der Waals surface area contributed by atoms with Crippen molar-refractivity contribution in [1.82, 2.24) is 20.3 Å². The van der Waals surface area contributed by atoms with Gasteiger partial charge in [-0.1, -0.05) is 30.9 Å². The van der Waals surface area contributed by atoms with E-state index in [9.17, 15) is 9.59 Å². The van der Waals surface area contributed by atoms with Crippen LogP contribution in [0, 0.1) is 5.92 Å². The van der Waals surface area contributed by atoms with E-state index in [-0.39, 0.29) is 17.8 Å². The lowest BCUT2D eigenvalue weighted by molar-refractivity contribution is -0.147. The van der Waals surface area contributed by atoms with Crippen LogP contribution in [0.3, 0.4) is 0 Å². The van der Waals surface area contributed by atoms with Crippen molar-refractivity contribution in [2.24, 2.45) is 5.92 Å². The van der Waals surface area contributed by atoms with Crippen LogP contribution in [0.1, 0.15) is 62.9 Å². The van der Waals surface area contributed by atoms with Gasteiger partial charge in [-0.05, 0) is 32.6 Å². The Morgan fingerprint density at radius 1 is 1.30 bits per heavy atom. The molecule has 1 amide bonds. The number of nitrogens with one attached hydrogen (secondary N) is 1. The van der Waals surface area contributed by atoms with Gasteiger partial charge < -0.3 is 10.1 Å². The standard InChI is InChI=1S/C16H26N4O3/c1-3-20-13(11-17-19-20)15(21)18-14(16(22)23-4-2)12-9-7-5-6-8-10-12/h11-12,14H,3-10H2,1-2H3,(H,18,21)/t14-/m0/s1. The molecule has 1 aliphatic rings. The van der Waals surface area contributed by atoms with Crippen molar-refractivity contribution in [2.45, 2.75) is 65.0 Å². The molecule has 1 atom stereocenters. The Kier molecular flexibility index (Phi) is 6.55. The lowest BCUT2D eigenvalue weighted by Crippen LogP contribution is -2.47. The van der Waals surface area contributed by atoms with Crippen LogP contribution in [0.4, 0.5) is 0 Å². The van der Waals surface area contributed by atoms with E-state index in [0.29, 0.717) is 18.8 Å². The van der Waals surface area contributed by atoms with Crippen LogP contribution in [0.25, 0.3) is 0 Å². The van der Waals surface area contributed by atoms with E-state index in [1.54, 1.807) is 6.92 Å². The van der Waals surface area contributed by atoms with Crippen LogP contribution in [0.15, 0.2) is 6.20 Å². The monoisotopic (exact) mass is 322 g/mol. The highest BCUT2D eigenvalue weighted by atomic mass is 16.5. The van der Waals surface area contributed by atoms with Crippen molar-refractivity contribution in [3.63, 3.8) is 0 Å². The number of amides is 1. The topological polar surface area (TPSA) is 86.1 Å². The summed E-state index contributed by atoms with van der Waals surface area (Å²) in [6.45, 7) is 4.53. The summed E-state index contributed by atoms with van der Waals surface area (Å²) in [6.07, 6.45) is 7.85. The predicted molar refractivity (Wildman–Crippen MR) is 84.8 cm³/mol. The molecule has 7 heteroatoms. The summed E-state index contributed by atoms with van der Waals surface area (Å²) >= 11 is 0. The van der Waals surface area contributed by atoms with Gasteiger partial charge in [-0.15, -0.1) is 5.10 Å². The second kappa shape index (κ2) is 8.64. The van der Waals surface area contributed by atoms with E-state index < -0.39 is 6.04 Å². The Bertz CT molecular complexity index is 521. The van der Waals surface area contributed by atoms with Crippen LogP contribution in [-0.4, -0.2) is 39.5 Å². The molecule has 0 aliphatic heterocycles. The second-order valence-corrected chi connectivity index (χ2v) is 5.89. The highest BCUT2D eigenvalue weighted by molar-refractivity contribution is 5.95. The van der Waals surface area contributed by atoms with Crippen molar-refractivity contribution in [3.8, 4) is 0 Å². The van der Waals surface area contributed by atoms with Crippen molar-refractivity contribution in [1.29, 1.82) is 0 Å². The minimum atomic E-state index is -0.597. The van der Waals surface area contributed by atoms with Crippen molar-refractivity contribution in [3.05, 3.63) is 11.9 Å². The number of aryl methyl sites for hydroxylation is 1. The highest BCUT2D eigenvalue weighted by Crippen LogP contribution is 2.26. The molecule has 1 aromatic rings. The lowest BCUT2D eigenvalue weighted by Gasteiger charge is -2.25. The molecule has 1 aromatic heterocycles. The summed E-state index contributed by atoms with van der Waals surface area (Å²) in [6, 6.07) is -0.597. The molecule has 1 fully saturated rings. The number of carbonyl (C=O) groups excluding carboxylic acids is 2. The molecule has 0 unspecified atom stereocenters. The lowest BCUT2D eigenvalue weighted by atomic mass is 9.91. The van der Waals surface area contributed by atoms with Gasteiger partial charge in [0, 0.05) is 6.54 Å².